The summed E-state index contributed by atoms with van der Waals surface area (Å²) in [5.74, 6) is -0.879. The van der Waals surface area contributed by atoms with Crippen LogP contribution in [0.3, 0.4) is 0 Å². The van der Waals surface area contributed by atoms with Crippen molar-refractivity contribution in [2.45, 2.75) is 80.9 Å². The predicted molar refractivity (Wildman–Crippen MR) is 113 cm³/mol. The normalized spacial score (nSPS) is 17.4. The average molecular weight is 383 g/mol. The topological polar surface area (TPSA) is 37.3 Å². The zero-order valence-corrected chi connectivity index (χ0v) is 17.9. The fourth-order valence-electron chi connectivity index (χ4n) is 3.99. The first-order valence-corrected chi connectivity index (χ1v) is 10.6. The smallest absolute Gasteiger partial charge is 0.335 e. The molecule has 0 atom stereocenters. The van der Waals surface area contributed by atoms with E-state index >= 15 is 0 Å². The minimum Gasteiger partial charge on any atom is -0.478 e. The summed E-state index contributed by atoms with van der Waals surface area (Å²) in [6.45, 7) is 11.7. The lowest BCUT2D eigenvalue weighted by Gasteiger charge is -2.42. The van der Waals surface area contributed by atoms with E-state index in [1.54, 1.807) is 23.9 Å². The quantitative estimate of drug-likeness (QED) is 0.615. The molecule has 0 bridgehead atoms. The average Bonchev–Trinajstić information content (AvgIpc) is 2.61. The number of aromatic carboxylic acids is 1. The molecule has 0 amide bonds. The summed E-state index contributed by atoms with van der Waals surface area (Å²) in [6, 6.07) is 12.1. The van der Waals surface area contributed by atoms with E-state index in [-0.39, 0.29) is 10.8 Å². The van der Waals surface area contributed by atoms with Crippen LogP contribution in [0.4, 0.5) is 0 Å². The Bertz CT molecular complexity index is 847. The Hall–Kier alpha value is -1.74. The van der Waals surface area contributed by atoms with Crippen LogP contribution in [0, 0.1) is 0 Å². The SMILES string of the molecule is CCCc1cc2c(cc1Sc1ccc(C(=O)O)cc1)C(C)(C)CCC2(C)C. The summed E-state index contributed by atoms with van der Waals surface area (Å²) in [5.41, 5.74) is 5.14. The molecule has 144 valence electrons. The highest BCUT2D eigenvalue weighted by Crippen LogP contribution is 2.48. The molecule has 0 aliphatic heterocycles. The van der Waals surface area contributed by atoms with Gasteiger partial charge in [-0.25, -0.2) is 4.79 Å². The van der Waals surface area contributed by atoms with Gasteiger partial charge >= 0.3 is 5.97 Å². The molecule has 2 aromatic carbocycles. The van der Waals surface area contributed by atoms with Gasteiger partial charge in [-0.15, -0.1) is 0 Å². The van der Waals surface area contributed by atoms with Gasteiger partial charge in [-0.2, -0.15) is 0 Å². The lowest BCUT2D eigenvalue weighted by Crippen LogP contribution is -2.34. The van der Waals surface area contributed by atoms with Gasteiger partial charge in [0.15, 0.2) is 0 Å². The van der Waals surface area contributed by atoms with Crippen LogP contribution >= 0.6 is 11.8 Å². The number of rotatable bonds is 5. The fraction of sp³-hybridized carbons (Fsp3) is 0.458. The van der Waals surface area contributed by atoms with E-state index in [2.05, 4.69) is 46.8 Å². The molecule has 0 radical (unpaired) electrons. The molecule has 0 saturated heterocycles. The monoisotopic (exact) mass is 382 g/mol. The van der Waals surface area contributed by atoms with E-state index in [4.69, 9.17) is 5.11 Å². The van der Waals surface area contributed by atoms with Crippen molar-refractivity contribution in [3.63, 3.8) is 0 Å². The first-order valence-electron chi connectivity index (χ1n) is 9.83. The number of fused-ring (bicyclic) bond motifs is 1. The Balaban J connectivity index is 2.05. The Morgan fingerprint density at radius 1 is 1.00 bits per heavy atom. The largest absolute Gasteiger partial charge is 0.478 e. The maximum absolute atomic E-state index is 11.1. The zero-order valence-electron chi connectivity index (χ0n) is 17.1. The van der Waals surface area contributed by atoms with E-state index in [0.29, 0.717) is 5.56 Å². The minimum atomic E-state index is -0.879. The van der Waals surface area contributed by atoms with Gasteiger partial charge in [0.05, 0.1) is 5.56 Å². The van der Waals surface area contributed by atoms with Crippen molar-refractivity contribution in [2.75, 3.05) is 0 Å². The minimum absolute atomic E-state index is 0.193. The van der Waals surface area contributed by atoms with E-state index < -0.39 is 5.97 Å². The molecule has 3 heteroatoms. The highest BCUT2D eigenvalue weighted by atomic mass is 32.2. The van der Waals surface area contributed by atoms with Gasteiger partial charge in [0.1, 0.15) is 0 Å². The summed E-state index contributed by atoms with van der Waals surface area (Å²) in [5, 5.41) is 9.11. The Morgan fingerprint density at radius 3 is 2.07 bits per heavy atom. The maximum Gasteiger partial charge on any atom is 0.335 e. The van der Waals surface area contributed by atoms with Crippen LogP contribution in [-0.2, 0) is 17.3 Å². The second kappa shape index (κ2) is 7.35. The standard InChI is InChI=1S/C24H30O2S/c1-6-7-17-14-19-20(24(4,5)13-12-23(19,2)3)15-21(17)27-18-10-8-16(9-11-18)22(25)26/h8-11,14-15H,6-7,12-13H2,1-5H3,(H,25,26). The van der Waals surface area contributed by atoms with E-state index in [1.807, 2.05) is 12.1 Å². The van der Waals surface area contributed by atoms with Gasteiger partial charge in [0, 0.05) is 9.79 Å². The predicted octanol–water partition coefficient (Wildman–Crippen LogP) is 6.84. The first-order chi connectivity index (χ1) is 12.6. The molecule has 0 saturated carbocycles. The molecule has 0 aromatic heterocycles. The van der Waals surface area contributed by atoms with Crippen LogP contribution < -0.4 is 0 Å². The van der Waals surface area contributed by atoms with Gasteiger partial charge in [-0.1, -0.05) is 58.9 Å². The van der Waals surface area contributed by atoms with Crippen molar-refractivity contribution in [2.24, 2.45) is 0 Å². The summed E-state index contributed by atoms with van der Waals surface area (Å²) >= 11 is 1.76. The lowest BCUT2D eigenvalue weighted by molar-refractivity contribution is 0.0697. The molecule has 27 heavy (non-hydrogen) atoms. The van der Waals surface area contributed by atoms with E-state index in [1.165, 1.54) is 34.4 Å². The van der Waals surface area contributed by atoms with Gasteiger partial charge in [-0.05, 0) is 77.1 Å². The number of aryl methyl sites for hydroxylation is 1. The molecule has 0 fully saturated rings. The van der Waals surface area contributed by atoms with Crippen molar-refractivity contribution in [3.8, 4) is 0 Å². The third-order valence-corrected chi connectivity index (χ3v) is 6.99. The van der Waals surface area contributed by atoms with Crippen LogP contribution in [0.15, 0.2) is 46.2 Å². The molecule has 1 aliphatic rings. The number of hydrogen-bond acceptors (Lipinski definition) is 2. The molecular formula is C24H30O2S. The van der Waals surface area contributed by atoms with Crippen LogP contribution in [0.5, 0.6) is 0 Å². The van der Waals surface area contributed by atoms with Crippen LogP contribution in [-0.4, -0.2) is 11.1 Å². The van der Waals surface area contributed by atoms with Crippen LogP contribution in [0.25, 0.3) is 0 Å². The second-order valence-corrected chi connectivity index (χ2v) is 10.1. The lowest BCUT2D eigenvalue weighted by atomic mass is 9.63. The van der Waals surface area contributed by atoms with Crippen molar-refractivity contribution in [3.05, 3.63) is 58.7 Å². The van der Waals surface area contributed by atoms with E-state index in [9.17, 15) is 4.79 Å². The highest BCUT2D eigenvalue weighted by Gasteiger charge is 2.37. The van der Waals surface area contributed by atoms with Crippen molar-refractivity contribution in [1.29, 1.82) is 0 Å². The molecule has 0 unspecified atom stereocenters. The molecule has 1 aliphatic carbocycles. The first kappa shape index (κ1) is 20.0. The molecule has 3 rings (SSSR count). The number of carboxylic acid groups (broad SMARTS) is 1. The summed E-state index contributed by atoms with van der Waals surface area (Å²) in [7, 11) is 0. The second-order valence-electron chi connectivity index (χ2n) is 8.95. The summed E-state index contributed by atoms with van der Waals surface area (Å²) in [6.07, 6.45) is 4.62. The Morgan fingerprint density at radius 2 is 1.56 bits per heavy atom. The molecular weight excluding hydrogens is 352 g/mol. The number of carbonyl (C=O) groups is 1. The van der Waals surface area contributed by atoms with Crippen molar-refractivity contribution >= 4 is 17.7 Å². The van der Waals surface area contributed by atoms with E-state index in [0.717, 1.165) is 17.7 Å². The van der Waals surface area contributed by atoms with Crippen LogP contribution in [0.1, 0.15) is 80.9 Å². The Labute approximate surface area is 167 Å². The molecule has 1 N–H and O–H groups in total. The third kappa shape index (κ3) is 4.08. The van der Waals surface area contributed by atoms with Gasteiger partial charge in [0.25, 0.3) is 0 Å². The third-order valence-electron chi connectivity index (χ3n) is 5.88. The fourth-order valence-corrected chi connectivity index (χ4v) is 4.99. The molecule has 0 heterocycles. The maximum atomic E-state index is 11.1. The molecule has 0 spiro atoms. The van der Waals surface area contributed by atoms with Gasteiger partial charge < -0.3 is 5.11 Å². The van der Waals surface area contributed by atoms with Crippen molar-refractivity contribution < 1.29 is 9.90 Å². The zero-order chi connectivity index (χ0) is 19.8. The van der Waals surface area contributed by atoms with Gasteiger partial charge in [-0.3, -0.25) is 0 Å². The Kier molecular flexibility index (Phi) is 5.45. The summed E-state index contributed by atoms with van der Waals surface area (Å²) in [4.78, 5) is 13.5. The highest BCUT2D eigenvalue weighted by molar-refractivity contribution is 7.99. The number of carboxylic acids is 1. The molecule has 2 nitrogen and oxygen atoms in total. The summed E-state index contributed by atoms with van der Waals surface area (Å²) < 4.78 is 0. The van der Waals surface area contributed by atoms with Crippen LogP contribution in [0.2, 0.25) is 0 Å². The molecule has 2 aromatic rings. The number of benzene rings is 2. The number of hydrogen-bond donors (Lipinski definition) is 1. The van der Waals surface area contributed by atoms with Crippen molar-refractivity contribution in [1.82, 2.24) is 0 Å². The van der Waals surface area contributed by atoms with Gasteiger partial charge in [0.2, 0.25) is 0 Å².